The fourth-order valence-electron chi connectivity index (χ4n) is 1.57. The van der Waals surface area contributed by atoms with Crippen LogP contribution in [0.25, 0.3) is 0 Å². The van der Waals surface area contributed by atoms with E-state index in [2.05, 4.69) is 37.2 Å². The lowest BCUT2D eigenvalue weighted by molar-refractivity contribution is 0.102. The van der Waals surface area contributed by atoms with E-state index in [0.717, 1.165) is 5.56 Å². The Kier molecular flexibility index (Phi) is 4.27. The molecule has 0 unspecified atom stereocenters. The predicted molar refractivity (Wildman–Crippen MR) is 82.6 cm³/mol. The Morgan fingerprint density at radius 1 is 1.16 bits per heavy atom. The van der Waals surface area contributed by atoms with Gasteiger partial charge < -0.3 is 10.4 Å². The summed E-state index contributed by atoms with van der Waals surface area (Å²) in [6, 6.07) is 10.7. The lowest BCUT2D eigenvalue weighted by Crippen LogP contribution is -2.12. The molecular weight excluding hydrogens is 374 g/mol. The van der Waals surface area contributed by atoms with Crippen LogP contribution < -0.4 is 5.32 Å². The minimum Gasteiger partial charge on any atom is -0.506 e. The van der Waals surface area contributed by atoms with Crippen LogP contribution in [0.1, 0.15) is 15.9 Å². The summed E-state index contributed by atoms with van der Waals surface area (Å²) in [6.07, 6.45) is 0. The van der Waals surface area contributed by atoms with Crippen molar-refractivity contribution in [1.29, 1.82) is 0 Å². The molecule has 0 atom stereocenters. The molecule has 2 rings (SSSR count). The number of carbonyl (C=O) groups is 1. The molecule has 19 heavy (non-hydrogen) atoms. The van der Waals surface area contributed by atoms with Crippen molar-refractivity contribution < 1.29 is 9.90 Å². The van der Waals surface area contributed by atoms with E-state index in [4.69, 9.17) is 0 Å². The predicted octanol–water partition coefficient (Wildman–Crippen LogP) is 4.48. The summed E-state index contributed by atoms with van der Waals surface area (Å²) in [4.78, 5) is 12.1. The summed E-state index contributed by atoms with van der Waals surface area (Å²) in [5.74, 6) is -0.434. The van der Waals surface area contributed by atoms with Crippen molar-refractivity contribution in [2.75, 3.05) is 5.32 Å². The van der Waals surface area contributed by atoms with Gasteiger partial charge in [0, 0.05) is 10.2 Å². The smallest absolute Gasteiger partial charge is 0.259 e. The first-order valence-corrected chi connectivity index (χ1v) is 7.12. The third-order valence-corrected chi connectivity index (χ3v) is 3.64. The first kappa shape index (κ1) is 14.1. The van der Waals surface area contributed by atoms with Gasteiger partial charge in [-0.05, 0) is 47.1 Å². The molecule has 2 aromatic carbocycles. The molecular formula is C14H11Br2NO2. The second-order valence-corrected chi connectivity index (χ2v) is 5.87. The molecule has 0 heterocycles. The van der Waals surface area contributed by atoms with E-state index in [1.807, 2.05) is 31.2 Å². The number of aromatic hydroxyl groups is 1. The highest BCUT2D eigenvalue weighted by Crippen LogP contribution is 2.32. The minimum absolute atomic E-state index is 0.0761. The average Bonchev–Trinajstić information content (AvgIpc) is 2.36. The molecule has 0 saturated carbocycles. The number of rotatable bonds is 2. The molecule has 0 spiro atoms. The molecule has 0 aliphatic heterocycles. The molecule has 0 fully saturated rings. The lowest BCUT2D eigenvalue weighted by atomic mass is 10.1. The van der Waals surface area contributed by atoms with Gasteiger partial charge in [-0.1, -0.05) is 33.6 Å². The van der Waals surface area contributed by atoms with Gasteiger partial charge in [0.2, 0.25) is 0 Å². The Bertz CT molecular complexity index is 624. The molecule has 3 nitrogen and oxygen atoms in total. The quantitative estimate of drug-likeness (QED) is 0.801. The summed E-state index contributed by atoms with van der Waals surface area (Å²) in [6.45, 7) is 1.98. The van der Waals surface area contributed by atoms with Gasteiger partial charge in [0.15, 0.2) is 0 Å². The maximum absolute atomic E-state index is 12.1. The Morgan fingerprint density at radius 3 is 2.42 bits per heavy atom. The van der Waals surface area contributed by atoms with E-state index in [9.17, 15) is 9.90 Å². The Balaban J connectivity index is 2.27. The van der Waals surface area contributed by atoms with E-state index < -0.39 is 0 Å². The van der Waals surface area contributed by atoms with Crippen LogP contribution in [0.2, 0.25) is 0 Å². The largest absolute Gasteiger partial charge is 0.506 e. The second-order valence-electron chi connectivity index (χ2n) is 4.10. The minimum atomic E-state index is -0.358. The molecule has 0 aliphatic carbocycles. The molecule has 0 bridgehead atoms. The van der Waals surface area contributed by atoms with Crippen molar-refractivity contribution in [3.05, 3.63) is 56.5 Å². The van der Waals surface area contributed by atoms with Gasteiger partial charge in [-0.25, -0.2) is 0 Å². The fourth-order valence-corrected chi connectivity index (χ4v) is 2.80. The molecule has 0 radical (unpaired) electrons. The summed E-state index contributed by atoms with van der Waals surface area (Å²) in [5, 5.41) is 12.6. The van der Waals surface area contributed by atoms with Crippen molar-refractivity contribution in [2.45, 2.75) is 6.92 Å². The molecule has 98 valence electrons. The molecule has 0 saturated heterocycles. The second kappa shape index (κ2) is 5.75. The Labute approximate surface area is 127 Å². The van der Waals surface area contributed by atoms with Crippen molar-refractivity contribution in [3.63, 3.8) is 0 Å². The van der Waals surface area contributed by atoms with E-state index in [1.165, 1.54) is 0 Å². The molecule has 2 aromatic rings. The van der Waals surface area contributed by atoms with Crippen molar-refractivity contribution in [3.8, 4) is 5.75 Å². The Hall–Kier alpha value is -1.33. The molecule has 2 N–H and O–H groups in total. The van der Waals surface area contributed by atoms with Crippen molar-refractivity contribution in [2.24, 2.45) is 0 Å². The fraction of sp³-hybridized carbons (Fsp3) is 0.0714. The van der Waals surface area contributed by atoms with Crippen LogP contribution in [-0.4, -0.2) is 11.0 Å². The van der Waals surface area contributed by atoms with E-state index in [-0.39, 0.29) is 17.2 Å². The normalized spacial score (nSPS) is 10.3. The highest BCUT2D eigenvalue weighted by atomic mass is 79.9. The zero-order chi connectivity index (χ0) is 14.0. The standard InChI is InChI=1S/C14H11Br2NO2/c1-8-2-4-10(5-3-8)17-14(19)11-6-9(15)7-12(16)13(11)18/h2-7,18H,1H3,(H,17,19). The molecule has 1 amide bonds. The first-order valence-electron chi connectivity index (χ1n) is 5.53. The van der Waals surface area contributed by atoms with E-state index in [1.54, 1.807) is 12.1 Å². The van der Waals surface area contributed by atoms with Gasteiger partial charge >= 0.3 is 0 Å². The summed E-state index contributed by atoms with van der Waals surface area (Å²) in [5.41, 5.74) is 2.01. The zero-order valence-corrected chi connectivity index (χ0v) is 13.2. The van der Waals surface area contributed by atoms with Crippen LogP contribution in [0.15, 0.2) is 45.3 Å². The highest BCUT2D eigenvalue weighted by molar-refractivity contribution is 9.11. The van der Waals surface area contributed by atoms with E-state index in [0.29, 0.717) is 14.6 Å². The van der Waals surface area contributed by atoms with Gasteiger partial charge in [0.05, 0.1) is 10.0 Å². The number of phenols is 1. The van der Waals surface area contributed by atoms with Crippen LogP contribution in [-0.2, 0) is 0 Å². The number of nitrogens with one attached hydrogen (secondary N) is 1. The number of phenolic OH excluding ortho intramolecular Hbond substituents is 1. The average molecular weight is 385 g/mol. The number of amides is 1. The summed E-state index contributed by atoms with van der Waals surface area (Å²) in [7, 11) is 0. The van der Waals surface area contributed by atoms with Crippen LogP contribution in [0.5, 0.6) is 5.75 Å². The summed E-state index contributed by atoms with van der Waals surface area (Å²) < 4.78 is 1.18. The number of hydrogen-bond donors (Lipinski definition) is 2. The van der Waals surface area contributed by atoms with Crippen LogP contribution in [0.4, 0.5) is 5.69 Å². The van der Waals surface area contributed by atoms with Crippen molar-refractivity contribution in [1.82, 2.24) is 0 Å². The topological polar surface area (TPSA) is 49.3 Å². The van der Waals surface area contributed by atoms with Gasteiger partial charge in [-0.3, -0.25) is 4.79 Å². The van der Waals surface area contributed by atoms with Gasteiger partial charge in [0.1, 0.15) is 5.75 Å². The number of halogens is 2. The third-order valence-electron chi connectivity index (χ3n) is 2.58. The zero-order valence-electron chi connectivity index (χ0n) is 10.1. The number of benzene rings is 2. The number of carbonyl (C=O) groups excluding carboxylic acids is 1. The number of aryl methyl sites for hydroxylation is 1. The van der Waals surface area contributed by atoms with Crippen LogP contribution in [0, 0.1) is 6.92 Å². The van der Waals surface area contributed by atoms with Crippen LogP contribution in [0.3, 0.4) is 0 Å². The molecule has 0 aromatic heterocycles. The summed E-state index contributed by atoms with van der Waals surface area (Å²) >= 11 is 6.49. The Morgan fingerprint density at radius 2 is 1.79 bits per heavy atom. The molecule has 0 aliphatic rings. The SMILES string of the molecule is Cc1ccc(NC(=O)c2cc(Br)cc(Br)c2O)cc1. The third kappa shape index (κ3) is 3.36. The lowest BCUT2D eigenvalue weighted by Gasteiger charge is -2.09. The first-order chi connectivity index (χ1) is 8.97. The number of hydrogen-bond acceptors (Lipinski definition) is 2. The van der Waals surface area contributed by atoms with Gasteiger partial charge in [-0.15, -0.1) is 0 Å². The maximum Gasteiger partial charge on any atom is 0.259 e. The number of anilines is 1. The van der Waals surface area contributed by atoms with Crippen LogP contribution >= 0.6 is 31.9 Å². The molecule has 5 heteroatoms. The highest BCUT2D eigenvalue weighted by Gasteiger charge is 2.15. The maximum atomic E-state index is 12.1. The van der Waals surface area contributed by atoms with Crippen molar-refractivity contribution >= 4 is 43.5 Å². The van der Waals surface area contributed by atoms with Gasteiger partial charge in [-0.2, -0.15) is 0 Å². The van der Waals surface area contributed by atoms with Gasteiger partial charge in [0.25, 0.3) is 5.91 Å². The van der Waals surface area contributed by atoms with E-state index >= 15 is 0 Å². The monoisotopic (exact) mass is 383 g/mol.